The third kappa shape index (κ3) is 3.60. The van der Waals surface area contributed by atoms with Crippen molar-refractivity contribution in [2.24, 2.45) is 0 Å². The van der Waals surface area contributed by atoms with Gasteiger partial charge in [0.05, 0.1) is 6.54 Å². The summed E-state index contributed by atoms with van der Waals surface area (Å²) in [6.07, 6.45) is 0. The van der Waals surface area contributed by atoms with E-state index in [1.54, 1.807) is 32.2 Å². The van der Waals surface area contributed by atoms with Crippen LogP contribution in [0.5, 0.6) is 0 Å². The SMILES string of the molecule is Cc1cc(F)ccc1NC(=O)N(C)Cc1ccc(Br)o1. The second kappa shape index (κ2) is 6.09. The van der Waals surface area contributed by atoms with E-state index in [1.165, 1.54) is 17.0 Å². The number of nitrogens with one attached hydrogen (secondary N) is 1. The highest BCUT2D eigenvalue weighted by molar-refractivity contribution is 9.10. The fourth-order valence-electron chi connectivity index (χ4n) is 1.72. The molecule has 0 unspecified atom stereocenters. The number of urea groups is 1. The summed E-state index contributed by atoms with van der Waals surface area (Å²) in [5, 5.41) is 2.73. The van der Waals surface area contributed by atoms with Gasteiger partial charge in [-0.1, -0.05) is 0 Å². The lowest BCUT2D eigenvalue weighted by Crippen LogP contribution is -2.30. The van der Waals surface area contributed by atoms with E-state index in [4.69, 9.17) is 4.42 Å². The second-order valence-corrected chi connectivity index (χ2v) is 5.23. The fraction of sp³-hybridized carbons (Fsp3) is 0.214. The average Bonchev–Trinajstić information content (AvgIpc) is 2.78. The normalized spacial score (nSPS) is 10.4. The molecule has 0 aliphatic rings. The molecule has 6 heteroatoms. The summed E-state index contributed by atoms with van der Waals surface area (Å²) < 4.78 is 19.0. The van der Waals surface area contributed by atoms with E-state index in [-0.39, 0.29) is 11.8 Å². The number of furan rings is 1. The number of benzene rings is 1. The van der Waals surface area contributed by atoms with Gasteiger partial charge in [0, 0.05) is 12.7 Å². The molecule has 1 heterocycles. The molecule has 0 saturated heterocycles. The standard InChI is InChI=1S/C14H14BrFN2O2/c1-9-7-10(16)3-5-12(9)17-14(19)18(2)8-11-4-6-13(15)20-11/h3-7H,8H2,1-2H3,(H,17,19). The van der Waals surface area contributed by atoms with Crippen molar-refractivity contribution in [2.45, 2.75) is 13.5 Å². The van der Waals surface area contributed by atoms with Crippen molar-refractivity contribution in [3.8, 4) is 0 Å². The van der Waals surface area contributed by atoms with Crippen LogP contribution in [0, 0.1) is 12.7 Å². The molecule has 0 radical (unpaired) electrons. The number of rotatable bonds is 3. The Morgan fingerprint density at radius 1 is 1.40 bits per heavy atom. The maximum Gasteiger partial charge on any atom is 0.322 e. The molecule has 2 amide bonds. The van der Waals surface area contributed by atoms with Crippen LogP contribution in [0.2, 0.25) is 0 Å². The lowest BCUT2D eigenvalue weighted by molar-refractivity contribution is 0.216. The number of amides is 2. The van der Waals surface area contributed by atoms with Gasteiger partial charge < -0.3 is 14.6 Å². The van der Waals surface area contributed by atoms with Crippen LogP contribution in [0.25, 0.3) is 0 Å². The van der Waals surface area contributed by atoms with E-state index in [2.05, 4.69) is 21.2 Å². The molecule has 2 rings (SSSR count). The molecule has 1 N–H and O–H groups in total. The molecule has 0 spiro atoms. The second-order valence-electron chi connectivity index (χ2n) is 4.45. The van der Waals surface area contributed by atoms with Gasteiger partial charge in [-0.3, -0.25) is 0 Å². The van der Waals surface area contributed by atoms with Gasteiger partial charge in [-0.2, -0.15) is 0 Å². The number of aryl methyl sites for hydroxylation is 1. The third-order valence-corrected chi connectivity index (χ3v) is 3.22. The summed E-state index contributed by atoms with van der Waals surface area (Å²) >= 11 is 3.21. The fourth-order valence-corrected chi connectivity index (χ4v) is 2.06. The zero-order valence-electron chi connectivity index (χ0n) is 11.1. The Kier molecular flexibility index (Phi) is 4.44. The van der Waals surface area contributed by atoms with Crippen LogP contribution in [-0.2, 0) is 6.54 Å². The van der Waals surface area contributed by atoms with Gasteiger partial charge in [0.25, 0.3) is 0 Å². The number of carbonyl (C=O) groups is 1. The number of halogens is 2. The molecular weight excluding hydrogens is 327 g/mol. The molecular formula is C14H14BrFN2O2. The predicted molar refractivity (Wildman–Crippen MR) is 78.0 cm³/mol. The van der Waals surface area contributed by atoms with Crippen molar-refractivity contribution in [3.63, 3.8) is 0 Å². The van der Waals surface area contributed by atoms with E-state index in [1.807, 2.05) is 0 Å². The van der Waals surface area contributed by atoms with Gasteiger partial charge >= 0.3 is 6.03 Å². The van der Waals surface area contributed by atoms with Crippen LogP contribution in [0.3, 0.4) is 0 Å². The van der Waals surface area contributed by atoms with Crippen LogP contribution >= 0.6 is 15.9 Å². The largest absolute Gasteiger partial charge is 0.452 e. The van der Waals surface area contributed by atoms with Crippen LogP contribution in [-0.4, -0.2) is 18.0 Å². The van der Waals surface area contributed by atoms with Crippen LogP contribution in [0.1, 0.15) is 11.3 Å². The molecule has 0 aliphatic carbocycles. The van der Waals surface area contributed by atoms with E-state index in [9.17, 15) is 9.18 Å². The molecule has 20 heavy (non-hydrogen) atoms. The van der Waals surface area contributed by atoms with Gasteiger partial charge in [0.2, 0.25) is 0 Å². The van der Waals surface area contributed by atoms with Gasteiger partial charge in [0.15, 0.2) is 4.67 Å². The Hall–Kier alpha value is -1.82. The Bertz CT molecular complexity index is 627. The smallest absolute Gasteiger partial charge is 0.322 e. The van der Waals surface area contributed by atoms with E-state index >= 15 is 0 Å². The summed E-state index contributed by atoms with van der Waals surface area (Å²) in [5.41, 5.74) is 1.26. The first-order chi connectivity index (χ1) is 9.45. The summed E-state index contributed by atoms with van der Waals surface area (Å²) in [7, 11) is 1.66. The van der Waals surface area contributed by atoms with Gasteiger partial charge in [-0.25, -0.2) is 9.18 Å². The minimum absolute atomic E-state index is 0.285. The summed E-state index contributed by atoms with van der Waals surface area (Å²) in [4.78, 5) is 13.5. The Morgan fingerprint density at radius 3 is 2.75 bits per heavy atom. The van der Waals surface area contributed by atoms with E-state index in [0.717, 1.165) is 0 Å². The average molecular weight is 341 g/mol. The van der Waals surface area contributed by atoms with Crippen molar-refractivity contribution in [2.75, 3.05) is 12.4 Å². The predicted octanol–water partition coefficient (Wildman–Crippen LogP) is 4.15. The number of hydrogen-bond acceptors (Lipinski definition) is 2. The first-order valence-electron chi connectivity index (χ1n) is 5.98. The minimum Gasteiger partial charge on any atom is -0.452 e. The van der Waals surface area contributed by atoms with Crippen LogP contribution in [0.15, 0.2) is 39.4 Å². The Morgan fingerprint density at radius 2 is 2.15 bits per heavy atom. The van der Waals surface area contributed by atoms with Crippen LogP contribution in [0.4, 0.5) is 14.9 Å². The maximum atomic E-state index is 13.0. The number of nitrogens with zero attached hydrogens (tertiary/aromatic N) is 1. The molecule has 0 fully saturated rings. The number of carbonyl (C=O) groups excluding carboxylic acids is 1. The van der Waals surface area contributed by atoms with Crippen molar-refractivity contribution in [1.82, 2.24) is 4.90 Å². The zero-order valence-corrected chi connectivity index (χ0v) is 12.7. The molecule has 1 aromatic carbocycles. The van der Waals surface area contributed by atoms with Gasteiger partial charge in [-0.05, 0) is 58.7 Å². The number of hydrogen-bond donors (Lipinski definition) is 1. The van der Waals surface area contributed by atoms with E-state index < -0.39 is 0 Å². The summed E-state index contributed by atoms with van der Waals surface area (Å²) in [5.74, 6) is 0.347. The van der Waals surface area contributed by atoms with Crippen molar-refractivity contribution in [3.05, 3.63) is 52.1 Å². The molecule has 0 atom stereocenters. The first-order valence-corrected chi connectivity index (χ1v) is 6.77. The summed E-state index contributed by atoms with van der Waals surface area (Å²) in [6.45, 7) is 2.08. The Labute approximate surface area is 124 Å². The third-order valence-electron chi connectivity index (χ3n) is 2.80. The Balaban J connectivity index is 2.00. The summed E-state index contributed by atoms with van der Waals surface area (Å²) in [6, 6.07) is 7.50. The van der Waals surface area contributed by atoms with Crippen molar-refractivity contribution in [1.29, 1.82) is 0 Å². The van der Waals surface area contributed by atoms with Gasteiger partial charge in [0.1, 0.15) is 11.6 Å². The lowest BCUT2D eigenvalue weighted by Gasteiger charge is -2.17. The van der Waals surface area contributed by atoms with E-state index in [0.29, 0.717) is 28.2 Å². The molecule has 0 bridgehead atoms. The van der Waals surface area contributed by atoms with Crippen LogP contribution < -0.4 is 5.32 Å². The topological polar surface area (TPSA) is 45.5 Å². The molecule has 1 aromatic heterocycles. The molecule has 0 aliphatic heterocycles. The zero-order chi connectivity index (χ0) is 14.7. The molecule has 106 valence electrons. The first kappa shape index (κ1) is 14.6. The molecule has 4 nitrogen and oxygen atoms in total. The highest BCUT2D eigenvalue weighted by atomic mass is 79.9. The minimum atomic E-state index is -0.325. The van der Waals surface area contributed by atoms with Crippen molar-refractivity contribution >= 4 is 27.6 Å². The monoisotopic (exact) mass is 340 g/mol. The lowest BCUT2D eigenvalue weighted by atomic mass is 10.2. The highest BCUT2D eigenvalue weighted by Gasteiger charge is 2.12. The highest BCUT2D eigenvalue weighted by Crippen LogP contribution is 2.18. The maximum absolute atomic E-state index is 13.0. The van der Waals surface area contributed by atoms with Gasteiger partial charge in [-0.15, -0.1) is 0 Å². The molecule has 0 saturated carbocycles. The number of anilines is 1. The van der Waals surface area contributed by atoms with Crippen molar-refractivity contribution < 1.29 is 13.6 Å². The molecule has 2 aromatic rings. The quantitative estimate of drug-likeness (QED) is 0.911.